The highest BCUT2D eigenvalue weighted by Crippen LogP contribution is 2.39. The van der Waals surface area contributed by atoms with Gasteiger partial charge in [0.05, 0.1) is 12.0 Å². The van der Waals surface area contributed by atoms with E-state index >= 15 is 0 Å². The monoisotopic (exact) mass is 391 g/mol. The first kappa shape index (κ1) is 17.8. The zero-order valence-corrected chi connectivity index (χ0v) is 15.8. The highest BCUT2D eigenvalue weighted by atomic mass is 16.5. The molecule has 0 N–H and O–H groups in total. The van der Waals surface area contributed by atoms with E-state index in [-0.39, 0.29) is 29.8 Å². The number of hydrogen-bond acceptors (Lipinski definition) is 6. The zero-order valence-electron chi connectivity index (χ0n) is 15.8. The van der Waals surface area contributed by atoms with Crippen molar-refractivity contribution in [2.75, 3.05) is 13.1 Å². The topological polar surface area (TPSA) is 94.1 Å². The van der Waals surface area contributed by atoms with E-state index in [1.807, 2.05) is 18.2 Å². The fourth-order valence-electron chi connectivity index (χ4n) is 4.06. The molecule has 2 aromatic heterocycles. The number of nitrogens with zero attached hydrogens (tertiary/aromatic N) is 5. The van der Waals surface area contributed by atoms with Crippen LogP contribution in [0, 0.1) is 0 Å². The lowest BCUT2D eigenvalue weighted by molar-refractivity contribution is -0.130. The molecule has 1 aliphatic heterocycles. The molecule has 8 heteroatoms. The number of carbonyl (C=O) groups excluding carboxylic acids is 1. The molecule has 1 amide bonds. The van der Waals surface area contributed by atoms with Crippen molar-refractivity contribution in [1.29, 1.82) is 0 Å². The van der Waals surface area contributed by atoms with Gasteiger partial charge in [-0.3, -0.25) is 14.2 Å². The van der Waals surface area contributed by atoms with Crippen molar-refractivity contribution >= 4 is 5.91 Å². The fraction of sp³-hybridized carbons (Fsp3) is 0.381. The summed E-state index contributed by atoms with van der Waals surface area (Å²) in [5, 5.41) is 4.01. The van der Waals surface area contributed by atoms with Crippen molar-refractivity contribution in [1.82, 2.24) is 24.6 Å². The summed E-state index contributed by atoms with van der Waals surface area (Å²) in [6, 6.07) is 11.6. The van der Waals surface area contributed by atoms with Crippen LogP contribution in [0.15, 0.2) is 58.4 Å². The first-order chi connectivity index (χ1) is 14.2. The molecule has 0 unspecified atom stereocenters. The van der Waals surface area contributed by atoms with Crippen LogP contribution in [0.25, 0.3) is 0 Å². The average Bonchev–Trinajstić information content (AvgIpc) is 3.26. The van der Waals surface area contributed by atoms with E-state index in [9.17, 15) is 9.59 Å². The summed E-state index contributed by atoms with van der Waals surface area (Å²) in [6.07, 6.45) is 4.98. The van der Waals surface area contributed by atoms with Crippen LogP contribution >= 0.6 is 0 Å². The highest BCUT2D eigenvalue weighted by Gasteiger charge is 2.39. The Labute approximate surface area is 167 Å². The van der Waals surface area contributed by atoms with Crippen molar-refractivity contribution in [3.8, 4) is 0 Å². The molecule has 1 aliphatic carbocycles. The largest absolute Gasteiger partial charge is 0.343 e. The molecule has 0 bridgehead atoms. The molecule has 2 aliphatic rings. The number of amides is 1. The van der Waals surface area contributed by atoms with E-state index in [1.54, 1.807) is 11.0 Å². The summed E-state index contributed by atoms with van der Waals surface area (Å²) in [5.74, 6) is 0.924. The molecule has 0 spiro atoms. The van der Waals surface area contributed by atoms with Gasteiger partial charge in [0.1, 0.15) is 6.54 Å². The van der Waals surface area contributed by atoms with Gasteiger partial charge in [-0.1, -0.05) is 35.5 Å². The smallest absolute Gasteiger partial charge is 0.254 e. The molecule has 1 aromatic carbocycles. The minimum absolute atomic E-state index is 0.0166. The van der Waals surface area contributed by atoms with Crippen LogP contribution in [-0.2, 0) is 11.3 Å². The second kappa shape index (κ2) is 7.27. The summed E-state index contributed by atoms with van der Waals surface area (Å²) in [7, 11) is 0. The molecule has 0 radical (unpaired) electrons. The molecular weight excluding hydrogens is 370 g/mol. The van der Waals surface area contributed by atoms with Crippen molar-refractivity contribution in [2.45, 2.75) is 37.1 Å². The Balaban J connectivity index is 1.35. The molecule has 5 rings (SSSR count). The highest BCUT2D eigenvalue weighted by molar-refractivity contribution is 5.76. The minimum Gasteiger partial charge on any atom is -0.343 e. The predicted molar refractivity (Wildman–Crippen MR) is 103 cm³/mol. The van der Waals surface area contributed by atoms with Crippen LogP contribution in [-0.4, -0.2) is 43.6 Å². The fourth-order valence-corrected chi connectivity index (χ4v) is 4.06. The number of benzene rings is 1. The Morgan fingerprint density at radius 2 is 1.90 bits per heavy atom. The van der Waals surface area contributed by atoms with E-state index in [1.165, 1.54) is 17.3 Å². The van der Waals surface area contributed by atoms with E-state index in [2.05, 4.69) is 27.3 Å². The normalized spacial score (nSPS) is 21.4. The summed E-state index contributed by atoms with van der Waals surface area (Å²) in [4.78, 5) is 35.7. The zero-order chi connectivity index (χ0) is 19.8. The van der Waals surface area contributed by atoms with Crippen LogP contribution < -0.4 is 5.56 Å². The van der Waals surface area contributed by atoms with Crippen LogP contribution in [0.1, 0.15) is 47.7 Å². The molecular formula is C21H21N5O3. The van der Waals surface area contributed by atoms with Gasteiger partial charge in [0, 0.05) is 36.9 Å². The first-order valence-corrected chi connectivity index (χ1v) is 9.84. The summed E-state index contributed by atoms with van der Waals surface area (Å²) in [6.45, 7) is 1.02. The first-order valence-electron chi connectivity index (χ1n) is 9.84. The predicted octanol–water partition coefficient (Wildman–Crippen LogP) is 1.91. The third kappa shape index (κ3) is 3.57. The Hall–Kier alpha value is -3.29. The van der Waals surface area contributed by atoms with Crippen LogP contribution in [0.2, 0.25) is 0 Å². The van der Waals surface area contributed by atoms with Gasteiger partial charge in [-0.15, -0.1) is 0 Å². The van der Waals surface area contributed by atoms with Gasteiger partial charge < -0.3 is 9.42 Å². The minimum atomic E-state index is -0.177. The standard InChI is InChI=1S/C21H21N5O3/c27-19-8-18(15-6-7-15)22-12-26(19)11-20(28)25-9-16(14-4-2-1-3-5-14)17(10-25)21-23-13-29-24-21/h1-5,8,12-13,15-17H,6-7,9-11H2/t16-,17+/m0/s1. The summed E-state index contributed by atoms with van der Waals surface area (Å²) in [5.41, 5.74) is 1.79. The van der Waals surface area contributed by atoms with E-state index < -0.39 is 0 Å². The van der Waals surface area contributed by atoms with Gasteiger partial charge in [-0.2, -0.15) is 4.98 Å². The van der Waals surface area contributed by atoms with Crippen LogP contribution in [0.3, 0.4) is 0 Å². The number of aromatic nitrogens is 4. The maximum absolute atomic E-state index is 13.0. The van der Waals surface area contributed by atoms with Gasteiger partial charge in [-0.05, 0) is 18.4 Å². The molecule has 29 heavy (non-hydrogen) atoms. The van der Waals surface area contributed by atoms with E-state index in [4.69, 9.17) is 4.52 Å². The molecule has 148 valence electrons. The number of carbonyl (C=O) groups is 1. The molecule has 1 saturated carbocycles. The Morgan fingerprint density at radius 3 is 2.59 bits per heavy atom. The summed E-state index contributed by atoms with van der Waals surface area (Å²) >= 11 is 0. The quantitative estimate of drug-likeness (QED) is 0.660. The molecule has 3 aromatic rings. The van der Waals surface area contributed by atoms with Crippen LogP contribution in [0.5, 0.6) is 0 Å². The van der Waals surface area contributed by atoms with Gasteiger partial charge in [0.15, 0.2) is 5.82 Å². The Bertz CT molecular complexity index is 1060. The number of likely N-dealkylation sites (tertiary alicyclic amines) is 1. The number of hydrogen-bond donors (Lipinski definition) is 0. The third-order valence-corrected chi connectivity index (χ3v) is 5.81. The summed E-state index contributed by atoms with van der Waals surface area (Å²) < 4.78 is 6.32. The van der Waals surface area contributed by atoms with Crippen molar-refractivity contribution < 1.29 is 9.32 Å². The lowest BCUT2D eigenvalue weighted by Crippen LogP contribution is -2.35. The molecule has 2 fully saturated rings. The Kier molecular flexibility index (Phi) is 4.46. The Morgan fingerprint density at radius 1 is 1.10 bits per heavy atom. The van der Waals surface area contributed by atoms with Gasteiger partial charge >= 0.3 is 0 Å². The third-order valence-electron chi connectivity index (χ3n) is 5.81. The van der Waals surface area contributed by atoms with Gasteiger partial charge in [0.2, 0.25) is 12.3 Å². The van der Waals surface area contributed by atoms with Crippen molar-refractivity contribution in [3.05, 3.63) is 76.6 Å². The van der Waals surface area contributed by atoms with Gasteiger partial charge in [0.25, 0.3) is 5.56 Å². The maximum atomic E-state index is 13.0. The van der Waals surface area contributed by atoms with E-state index in [0.29, 0.717) is 24.8 Å². The van der Waals surface area contributed by atoms with Crippen molar-refractivity contribution in [2.24, 2.45) is 0 Å². The molecule has 8 nitrogen and oxygen atoms in total. The molecule has 1 saturated heterocycles. The average molecular weight is 391 g/mol. The lowest BCUT2D eigenvalue weighted by Gasteiger charge is -2.17. The molecule has 2 atom stereocenters. The van der Waals surface area contributed by atoms with Crippen molar-refractivity contribution in [3.63, 3.8) is 0 Å². The van der Waals surface area contributed by atoms with Crippen LogP contribution in [0.4, 0.5) is 0 Å². The lowest BCUT2D eigenvalue weighted by atomic mass is 9.88. The molecule has 3 heterocycles. The second-order valence-electron chi connectivity index (χ2n) is 7.77. The van der Waals surface area contributed by atoms with E-state index in [0.717, 1.165) is 24.1 Å². The maximum Gasteiger partial charge on any atom is 0.254 e. The SMILES string of the molecule is O=C(Cn1cnc(C2CC2)cc1=O)N1C[C@@H](c2ccccc2)[C@H](c2ncon2)C1. The second-order valence-corrected chi connectivity index (χ2v) is 7.77. The van der Waals surface area contributed by atoms with Gasteiger partial charge in [-0.25, -0.2) is 4.98 Å². The number of rotatable bonds is 5.